The SMILES string of the molecule is CN=C(NCCn1cc(C)cn1)N1CC(=O)N(C(C)C)C(C)(C)C1. The van der Waals surface area contributed by atoms with Gasteiger partial charge in [-0.3, -0.25) is 14.5 Å². The van der Waals surface area contributed by atoms with Crippen LogP contribution in [0, 0.1) is 6.92 Å². The summed E-state index contributed by atoms with van der Waals surface area (Å²) >= 11 is 0. The number of guanidine groups is 1. The van der Waals surface area contributed by atoms with E-state index in [0.717, 1.165) is 24.6 Å². The highest BCUT2D eigenvalue weighted by Gasteiger charge is 2.40. The van der Waals surface area contributed by atoms with Crippen molar-refractivity contribution in [3.8, 4) is 0 Å². The number of rotatable bonds is 4. The maximum absolute atomic E-state index is 12.6. The smallest absolute Gasteiger partial charge is 0.242 e. The number of nitrogens with zero attached hydrogens (tertiary/aromatic N) is 5. The van der Waals surface area contributed by atoms with Crippen LogP contribution < -0.4 is 5.32 Å². The first-order valence-electron chi connectivity index (χ1n) is 8.51. The molecule has 0 unspecified atom stereocenters. The van der Waals surface area contributed by atoms with Gasteiger partial charge in [0.05, 0.1) is 24.8 Å². The lowest BCUT2D eigenvalue weighted by Gasteiger charge is -2.49. The van der Waals surface area contributed by atoms with Gasteiger partial charge >= 0.3 is 0 Å². The molecule has 1 aliphatic rings. The quantitative estimate of drug-likeness (QED) is 0.661. The Kier molecular flexibility index (Phi) is 5.51. The summed E-state index contributed by atoms with van der Waals surface area (Å²) in [5.41, 5.74) is 0.928. The van der Waals surface area contributed by atoms with E-state index in [9.17, 15) is 4.79 Å². The molecule has 2 heterocycles. The van der Waals surface area contributed by atoms with Gasteiger partial charge < -0.3 is 15.1 Å². The Balaban J connectivity index is 1.97. The van der Waals surface area contributed by atoms with Crippen LogP contribution in [-0.2, 0) is 11.3 Å². The zero-order valence-corrected chi connectivity index (χ0v) is 15.7. The molecule has 0 spiro atoms. The van der Waals surface area contributed by atoms with Crippen LogP contribution in [0.4, 0.5) is 0 Å². The Bertz CT molecular complexity index is 604. The molecule has 1 aromatic rings. The van der Waals surface area contributed by atoms with Gasteiger partial charge in [-0.1, -0.05) is 0 Å². The maximum Gasteiger partial charge on any atom is 0.242 e. The molecule has 134 valence electrons. The van der Waals surface area contributed by atoms with Crippen molar-refractivity contribution in [2.45, 2.75) is 52.7 Å². The molecule has 1 aromatic heterocycles. The number of aromatic nitrogens is 2. The average molecular weight is 334 g/mol. The van der Waals surface area contributed by atoms with Crippen LogP contribution in [0.3, 0.4) is 0 Å². The summed E-state index contributed by atoms with van der Waals surface area (Å²) in [5.74, 6) is 0.913. The highest BCUT2D eigenvalue weighted by molar-refractivity contribution is 5.88. The van der Waals surface area contributed by atoms with Gasteiger partial charge in [0.1, 0.15) is 0 Å². The van der Waals surface area contributed by atoms with Gasteiger partial charge in [-0.2, -0.15) is 5.10 Å². The molecule has 1 N–H and O–H groups in total. The van der Waals surface area contributed by atoms with E-state index in [0.29, 0.717) is 13.1 Å². The van der Waals surface area contributed by atoms with Gasteiger partial charge in [-0.05, 0) is 40.2 Å². The lowest BCUT2D eigenvalue weighted by molar-refractivity contribution is -0.145. The van der Waals surface area contributed by atoms with Crippen molar-refractivity contribution >= 4 is 11.9 Å². The van der Waals surface area contributed by atoms with E-state index in [1.165, 1.54) is 0 Å². The second-order valence-corrected chi connectivity index (χ2v) is 7.28. The average Bonchev–Trinajstić information content (AvgIpc) is 2.86. The number of hydrogen-bond acceptors (Lipinski definition) is 3. The first-order valence-corrected chi connectivity index (χ1v) is 8.51. The topological polar surface area (TPSA) is 65.8 Å². The van der Waals surface area contributed by atoms with Crippen molar-refractivity contribution < 1.29 is 4.79 Å². The Labute approximate surface area is 144 Å². The van der Waals surface area contributed by atoms with Crippen molar-refractivity contribution in [1.29, 1.82) is 0 Å². The molecule has 1 aliphatic heterocycles. The lowest BCUT2D eigenvalue weighted by Crippen LogP contribution is -2.66. The summed E-state index contributed by atoms with van der Waals surface area (Å²) in [6, 6.07) is 0.202. The first-order chi connectivity index (χ1) is 11.2. The highest BCUT2D eigenvalue weighted by Crippen LogP contribution is 2.24. The summed E-state index contributed by atoms with van der Waals surface area (Å²) in [5, 5.41) is 7.62. The number of carbonyl (C=O) groups excluding carboxylic acids is 1. The van der Waals surface area contributed by atoms with Gasteiger partial charge in [-0.25, -0.2) is 0 Å². The fourth-order valence-corrected chi connectivity index (χ4v) is 3.52. The minimum Gasteiger partial charge on any atom is -0.354 e. The van der Waals surface area contributed by atoms with Crippen LogP contribution in [-0.4, -0.2) is 69.7 Å². The van der Waals surface area contributed by atoms with Crippen molar-refractivity contribution in [2.75, 3.05) is 26.7 Å². The summed E-state index contributed by atoms with van der Waals surface area (Å²) in [4.78, 5) is 20.9. The Morgan fingerprint density at radius 1 is 1.46 bits per heavy atom. The second kappa shape index (κ2) is 7.23. The van der Waals surface area contributed by atoms with Crippen molar-refractivity contribution in [1.82, 2.24) is 24.9 Å². The third-order valence-electron chi connectivity index (χ3n) is 4.24. The van der Waals surface area contributed by atoms with Crippen LogP contribution >= 0.6 is 0 Å². The molecule has 0 aliphatic carbocycles. The number of carbonyl (C=O) groups is 1. The number of aryl methyl sites for hydroxylation is 1. The minimum absolute atomic E-state index is 0.145. The summed E-state index contributed by atoms with van der Waals surface area (Å²) in [7, 11) is 1.76. The normalized spacial score (nSPS) is 18.5. The van der Waals surface area contributed by atoms with E-state index < -0.39 is 0 Å². The van der Waals surface area contributed by atoms with E-state index in [-0.39, 0.29) is 17.5 Å². The van der Waals surface area contributed by atoms with Crippen LogP contribution in [0.2, 0.25) is 0 Å². The van der Waals surface area contributed by atoms with E-state index in [2.05, 4.69) is 43.1 Å². The molecule has 1 fully saturated rings. The molecule has 1 amide bonds. The largest absolute Gasteiger partial charge is 0.354 e. The van der Waals surface area contributed by atoms with Gasteiger partial charge in [-0.15, -0.1) is 0 Å². The molecule has 0 radical (unpaired) electrons. The highest BCUT2D eigenvalue weighted by atomic mass is 16.2. The molecule has 2 rings (SSSR count). The molecule has 0 saturated carbocycles. The minimum atomic E-state index is -0.222. The summed E-state index contributed by atoms with van der Waals surface area (Å²) in [6.07, 6.45) is 3.86. The molecular weight excluding hydrogens is 304 g/mol. The van der Waals surface area contributed by atoms with Gasteiger partial charge in [0.15, 0.2) is 5.96 Å². The molecular formula is C17H30N6O. The zero-order chi connectivity index (χ0) is 17.9. The Hall–Kier alpha value is -2.05. The Morgan fingerprint density at radius 3 is 2.67 bits per heavy atom. The molecule has 0 atom stereocenters. The van der Waals surface area contributed by atoms with E-state index >= 15 is 0 Å². The molecule has 0 bridgehead atoms. The summed E-state index contributed by atoms with van der Waals surface area (Å²) in [6.45, 7) is 13.0. The predicted octanol–water partition coefficient (Wildman–Crippen LogP) is 1.10. The van der Waals surface area contributed by atoms with Crippen LogP contribution in [0.1, 0.15) is 33.3 Å². The zero-order valence-electron chi connectivity index (χ0n) is 15.7. The standard InChI is InChI=1S/C17H30N6O/c1-13(2)23-15(24)11-21(12-17(23,4)5)16(18-6)19-7-8-22-10-14(3)9-20-22/h9-10,13H,7-8,11-12H2,1-6H3,(H,18,19). The third kappa shape index (κ3) is 4.07. The van der Waals surface area contributed by atoms with Crippen molar-refractivity contribution in [3.05, 3.63) is 18.0 Å². The van der Waals surface area contributed by atoms with Crippen molar-refractivity contribution in [2.24, 2.45) is 4.99 Å². The lowest BCUT2D eigenvalue weighted by atomic mass is 9.96. The molecule has 0 aromatic carbocycles. The number of hydrogen-bond donors (Lipinski definition) is 1. The van der Waals surface area contributed by atoms with E-state index in [1.54, 1.807) is 7.05 Å². The van der Waals surface area contributed by atoms with Crippen LogP contribution in [0.25, 0.3) is 0 Å². The molecule has 7 nitrogen and oxygen atoms in total. The first kappa shape index (κ1) is 18.3. The molecule has 7 heteroatoms. The molecule has 24 heavy (non-hydrogen) atoms. The maximum atomic E-state index is 12.6. The fraction of sp³-hybridized carbons (Fsp3) is 0.706. The monoisotopic (exact) mass is 334 g/mol. The second-order valence-electron chi connectivity index (χ2n) is 7.28. The predicted molar refractivity (Wildman–Crippen MR) is 96.0 cm³/mol. The van der Waals surface area contributed by atoms with Gasteiger partial charge in [0.25, 0.3) is 0 Å². The fourth-order valence-electron chi connectivity index (χ4n) is 3.52. The van der Waals surface area contributed by atoms with Gasteiger partial charge in [0, 0.05) is 32.4 Å². The number of amides is 1. The van der Waals surface area contributed by atoms with E-state index in [4.69, 9.17) is 0 Å². The number of aliphatic imine (C=N–C) groups is 1. The van der Waals surface area contributed by atoms with E-state index in [1.807, 2.05) is 33.8 Å². The summed E-state index contributed by atoms with van der Waals surface area (Å²) < 4.78 is 1.90. The molecule has 1 saturated heterocycles. The third-order valence-corrected chi connectivity index (χ3v) is 4.24. The number of piperazine rings is 1. The Morgan fingerprint density at radius 2 is 2.17 bits per heavy atom. The van der Waals surface area contributed by atoms with Crippen LogP contribution in [0.15, 0.2) is 17.4 Å². The number of nitrogens with one attached hydrogen (secondary N) is 1. The van der Waals surface area contributed by atoms with Crippen molar-refractivity contribution in [3.63, 3.8) is 0 Å². The van der Waals surface area contributed by atoms with Gasteiger partial charge in [0.2, 0.25) is 5.91 Å². The van der Waals surface area contributed by atoms with Crippen LogP contribution in [0.5, 0.6) is 0 Å².